The minimum absolute atomic E-state index is 0.185. The smallest absolute Gasteiger partial charge is 0.191 e. The zero-order valence-electron chi connectivity index (χ0n) is 13.6. The Bertz CT molecular complexity index is 451. The van der Waals surface area contributed by atoms with Gasteiger partial charge in [-0.2, -0.15) is 0 Å². The molecule has 0 radical (unpaired) electrons. The van der Waals surface area contributed by atoms with Gasteiger partial charge in [0.2, 0.25) is 0 Å². The van der Waals surface area contributed by atoms with Crippen molar-refractivity contribution >= 4 is 5.96 Å². The van der Waals surface area contributed by atoms with Gasteiger partial charge in [0, 0.05) is 44.5 Å². The van der Waals surface area contributed by atoms with Crippen LogP contribution >= 0.6 is 0 Å². The Balaban J connectivity index is 1.77. The molecule has 122 valence electrons. The second-order valence-corrected chi connectivity index (χ2v) is 5.47. The van der Waals surface area contributed by atoms with Crippen molar-refractivity contribution in [1.82, 2.24) is 20.5 Å². The quantitative estimate of drug-likeness (QED) is 0.592. The lowest BCUT2D eigenvalue weighted by molar-refractivity contribution is -0.0136. The molecule has 1 aromatic heterocycles. The molecule has 1 fully saturated rings. The number of rotatable bonds is 6. The number of hydrogen-bond acceptors (Lipinski definition) is 4. The van der Waals surface area contributed by atoms with Crippen molar-refractivity contribution in [2.75, 3.05) is 46.4 Å². The molecule has 0 amide bonds. The summed E-state index contributed by atoms with van der Waals surface area (Å²) in [5, 5.41) is 6.62. The van der Waals surface area contributed by atoms with Gasteiger partial charge in [0.1, 0.15) is 0 Å². The first-order valence-electron chi connectivity index (χ1n) is 8.00. The van der Waals surface area contributed by atoms with Gasteiger partial charge in [-0.05, 0) is 26.1 Å². The highest BCUT2D eigenvalue weighted by atomic mass is 16.5. The minimum atomic E-state index is 0.185. The number of aliphatic imine (C=N–C) groups is 1. The van der Waals surface area contributed by atoms with Crippen LogP contribution in [0.1, 0.15) is 12.6 Å². The van der Waals surface area contributed by atoms with Crippen LogP contribution < -0.4 is 10.6 Å². The van der Waals surface area contributed by atoms with E-state index in [1.807, 2.05) is 24.4 Å². The maximum Gasteiger partial charge on any atom is 0.191 e. The molecule has 0 spiro atoms. The Morgan fingerprint density at radius 2 is 2.36 bits per heavy atom. The van der Waals surface area contributed by atoms with Crippen LogP contribution in [0, 0.1) is 0 Å². The summed E-state index contributed by atoms with van der Waals surface area (Å²) >= 11 is 0. The summed E-state index contributed by atoms with van der Waals surface area (Å²) in [6, 6.07) is 5.99. The van der Waals surface area contributed by atoms with Gasteiger partial charge in [0.15, 0.2) is 5.96 Å². The number of nitrogens with one attached hydrogen (secondary N) is 2. The largest absolute Gasteiger partial charge is 0.374 e. The third kappa shape index (κ3) is 5.99. The lowest BCUT2D eigenvalue weighted by Crippen LogP contribution is -2.43. The van der Waals surface area contributed by atoms with Crippen molar-refractivity contribution in [3.8, 4) is 0 Å². The van der Waals surface area contributed by atoms with Gasteiger partial charge < -0.3 is 20.3 Å². The normalized spacial score (nSPS) is 19.9. The topological polar surface area (TPSA) is 61.8 Å². The molecular formula is C16H27N5O. The molecular weight excluding hydrogens is 278 g/mol. The fourth-order valence-corrected chi connectivity index (χ4v) is 2.37. The molecule has 1 atom stereocenters. The van der Waals surface area contributed by atoms with Gasteiger partial charge in [-0.25, -0.2) is 0 Å². The summed E-state index contributed by atoms with van der Waals surface area (Å²) in [4.78, 5) is 11.2. The van der Waals surface area contributed by atoms with Crippen molar-refractivity contribution in [2.24, 2.45) is 4.99 Å². The van der Waals surface area contributed by atoms with Gasteiger partial charge in [-0.1, -0.05) is 6.07 Å². The van der Waals surface area contributed by atoms with Crippen LogP contribution in [0.5, 0.6) is 0 Å². The molecule has 0 aliphatic carbocycles. The van der Waals surface area contributed by atoms with Crippen LogP contribution in [0.25, 0.3) is 0 Å². The summed E-state index contributed by atoms with van der Waals surface area (Å²) in [7, 11) is 2.12. The Morgan fingerprint density at radius 3 is 3.09 bits per heavy atom. The predicted octanol–water partition coefficient (Wildman–Crippen LogP) is 0.510. The summed E-state index contributed by atoms with van der Waals surface area (Å²) in [6.07, 6.45) is 2.89. The SMILES string of the molecule is CCNC(=NCC1CN(C)CCO1)NCCc1ccccn1. The number of morpholine rings is 1. The van der Waals surface area contributed by atoms with E-state index < -0.39 is 0 Å². The molecule has 1 aliphatic heterocycles. The standard InChI is InChI=1S/C16H27N5O/c1-3-17-16(19-9-7-14-6-4-5-8-18-14)20-12-15-13-21(2)10-11-22-15/h4-6,8,15H,3,7,9-13H2,1-2H3,(H2,17,19,20). The van der Waals surface area contributed by atoms with Gasteiger partial charge in [-0.15, -0.1) is 0 Å². The number of nitrogens with zero attached hydrogens (tertiary/aromatic N) is 3. The maximum absolute atomic E-state index is 5.74. The first-order chi connectivity index (χ1) is 10.8. The van der Waals surface area contributed by atoms with Crippen LogP contribution in [0.2, 0.25) is 0 Å². The van der Waals surface area contributed by atoms with E-state index in [-0.39, 0.29) is 6.10 Å². The zero-order chi connectivity index (χ0) is 15.6. The summed E-state index contributed by atoms with van der Waals surface area (Å²) in [5.41, 5.74) is 1.09. The molecule has 22 heavy (non-hydrogen) atoms. The summed E-state index contributed by atoms with van der Waals surface area (Å²) in [5.74, 6) is 0.843. The number of pyridine rings is 1. The van der Waals surface area contributed by atoms with E-state index in [0.29, 0.717) is 6.54 Å². The fraction of sp³-hybridized carbons (Fsp3) is 0.625. The van der Waals surface area contributed by atoms with E-state index >= 15 is 0 Å². The van der Waals surface area contributed by atoms with Crippen molar-refractivity contribution < 1.29 is 4.74 Å². The first-order valence-corrected chi connectivity index (χ1v) is 8.00. The van der Waals surface area contributed by atoms with Crippen LogP contribution in [-0.4, -0.2) is 68.3 Å². The Kier molecular flexibility index (Phi) is 7.12. The molecule has 6 nitrogen and oxygen atoms in total. The van der Waals surface area contributed by atoms with Crippen molar-refractivity contribution in [3.05, 3.63) is 30.1 Å². The number of ether oxygens (including phenoxy) is 1. The summed E-state index contributed by atoms with van der Waals surface area (Å²) in [6.45, 7) is 7.15. The molecule has 0 aromatic carbocycles. The third-order valence-corrected chi connectivity index (χ3v) is 3.54. The molecule has 2 N–H and O–H groups in total. The van der Waals surface area contributed by atoms with Crippen molar-refractivity contribution in [3.63, 3.8) is 0 Å². The molecule has 2 rings (SSSR count). The molecule has 1 unspecified atom stereocenters. The Morgan fingerprint density at radius 1 is 1.45 bits per heavy atom. The second kappa shape index (κ2) is 9.38. The zero-order valence-corrected chi connectivity index (χ0v) is 13.6. The van der Waals surface area contributed by atoms with E-state index in [2.05, 4.69) is 39.5 Å². The van der Waals surface area contributed by atoms with E-state index in [1.165, 1.54) is 0 Å². The van der Waals surface area contributed by atoms with E-state index in [0.717, 1.165) is 50.9 Å². The molecule has 0 bridgehead atoms. The number of likely N-dealkylation sites (N-methyl/N-ethyl adjacent to an activating group) is 1. The second-order valence-electron chi connectivity index (χ2n) is 5.47. The van der Waals surface area contributed by atoms with Gasteiger partial charge in [-0.3, -0.25) is 9.98 Å². The Hall–Kier alpha value is -1.66. The molecule has 0 saturated carbocycles. The van der Waals surface area contributed by atoms with Gasteiger partial charge in [0.25, 0.3) is 0 Å². The molecule has 1 saturated heterocycles. The molecule has 1 aromatic rings. The minimum Gasteiger partial charge on any atom is -0.374 e. The van der Waals surface area contributed by atoms with Crippen LogP contribution in [0.15, 0.2) is 29.4 Å². The number of aromatic nitrogens is 1. The van der Waals surface area contributed by atoms with E-state index in [9.17, 15) is 0 Å². The van der Waals surface area contributed by atoms with Crippen molar-refractivity contribution in [1.29, 1.82) is 0 Å². The fourth-order valence-electron chi connectivity index (χ4n) is 2.37. The first kappa shape index (κ1) is 16.7. The number of guanidine groups is 1. The summed E-state index contributed by atoms with van der Waals surface area (Å²) < 4.78 is 5.74. The van der Waals surface area contributed by atoms with Crippen LogP contribution in [0.3, 0.4) is 0 Å². The average Bonchev–Trinajstić information content (AvgIpc) is 2.54. The third-order valence-electron chi connectivity index (χ3n) is 3.54. The van der Waals surface area contributed by atoms with Crippen molar-refractivity contribution in [2.45, 2.75) is 19.4 Å². The molecule has 6 heteroatoms. The highest BCUT2D eigenvalue weighted by Gasteiger charge is 2.17. The number of hydrogen-bond donors (Lipinski definition) is 2. The Labute approximate surface area is 133 Å². The monoisotopic (exact) mass is 305 g/mol. The van der Waals surface area contributed by atoms with Crippen LogP contribution in [-0.2, 0) is 11.2 Å². The van der Waals surface area contributed by atoms with Gasteiger partial charge in [0.05, 0.1) is 19.3 Å². The van der Waals surface area contributed by atoms with Gasteiger partial charge >= 0.3 is 0 Å². The lowest BCUT2D eigenvalue weighted by atomic mass is 10.3. The highest BCUT2D eigenvalue weighted by molar-refractivity contribution is 5.79. The lowest BCUT2D eigenvalue weighted by Gasteiger charge is -2.29. The maximum atomic E-state index is 5.74. The van der Waals surface area contributed by atoms with Crippen LogP contribution in [0.4, 0.5) is 0 Å². The van der Waals surface area contributed by atoms with E-state index in [1.54, 1.807) is 0 Å². The highest BCUT2D eigenvalue weighted by Crippen LogP contribution is 2.03. The molecule has 1 aliphatic rings. The molecule has 2 heterocycles. The predicted molar refractivity (Wildman–Crippen MR) is 89.2 cm³/mol. The average molecular weight is 305 g/mol. The van der Waals surface area contributed by atoms with E-state index in [4.69, 9.17) is 4.74 Å².